The SMILES string of the molecule is CCOC(=O)c1ccc(NC(=O)CSc2nc3c(c(=O)n2-c2ccc(OC)cc2)SCC3)cc1. The molecule has 176 valence electrons. The van der Waals surface area contributed by atoms with Crippen LogP contribution in [-0.2, 0) is 16.0 Å². The van der Waals surface area contributed by atoms with Crippen LogP contribution in [0.25, 0.3) is 5.69 Å². The van der Waals surface area contributed by atoms with Gasteiger partial charge in [0.1, 0.15) is 5.75 Å². The van der Waals surface area contributed by atoms with E-state index < -0.39 is 5.97 Å². The summed E-state index contributed by atoms with van der Waals surface area (Å²) in [5.74, 6) is 0.903. The van der Waals surface area contributed by atoms with Gasteiger partial charge in [-0.15, -0.1) is 11.8 Å². The molecule has 0 fully saturated rings. The third kappa shape index (κ3) is 5.28. The van der Waals surface area contributed by atoms with E-state index >= 15 is 0 Å². The number of aryl methyl sites for hydroxylation is 1. The molecule has 1 aliphatic rings. The predicted molar refractivity (Wildman–Crippen MR) is 133 cm³/mol. The second kappa shape index (κ2) is 10.8. The maximum atomic E-state index is 13.2. The highest BCUT2D eigenvalue weighted by molar-refractivity contribution is 8.00. The van der Waals surface area contributed by atoms with E-state index in [4.69, 9.17) is 14.5 Å². The number of benzene rings is 2. The van der Waals surface area contributed by atoms with Gasteiger partial charge < -0.3 is 14.8 Å². The number of nitrogens with one attached hydrogen (secondary N) is 1. The van der Waals surface area contributed by atoms with Crippen molar-refractivity contribution in [2.45, 2.75) is 23.4 Å². The number of hydrogen-bond donors (Lipinski definition) is 1. The molecule has 8 nitrogen and oxygen atoms in total. The molecule has 1 amide bonds. The first-order valence-electron chi connectivity index (χ1n) is 10.6. The highest BCUT2D eigenvalue weighted by atomic mass is 32.2. The lowest BCUT2D eigenvalue weighted by molar-refractivity contribution is -0.113. The molecule has 2 heterocycles. The van der Waals surface area contributed by atoms with E-state index in [1.807, 2.05) is 0 Å². The number of esters is 1. The molecule has 3 aromatic rings. The van der Waals surface area contributed by atoms with Gasteiger partial charge in [-0.3, -0.25) is 14.2 Å². The summed E-state index contributed by atoms with van der Waals surface area (Å²) in [6, 6.07) is 13.6. The van der Waals surface area contributed by atoms with Gasteiger partial charge in [-0.2, -0.15) is 0 Å². The molecule has 0 atom stereocenters. The standard InChI is InChI=1S/C24H23N3O5S2/c1-3-32-23(30)15-4-6-16(7-5-15)25-20(28)14-34-24-26-19-12-13-33-21(19)22(29)27(24)17-8-10-18(31-2)11-9-17/h4-11H,3,12-14H2,1-2H3,(H,25,28). The van der Waals surface area contributed by atoms with Gasteiger partial charge in [0.2, 0.25) is 5.91 Å². The number of ether oxygens (including phenoxy) is 2. The van der Waals surface area contributed by atoms with Crippen LogP contribution >= 0.6 is 23.5 Å². The molecule has 0 saturated carbocycles. The molecule has 0 spiro atoms. The zero-order valence-electron chi connectivity index (χ0n) is 18.7. The largest absolute Gasteiger partial charge is 0.497 e. The molecule has 0 bridgehead atoms. The number of amides is 1. The summed E-state index contributed by atoms with van der Waals surface area (Å²) in [6.07, 6.45) is 0.727. The molecule has 4 rings (SSSR count). The first-order chi connectivity index (χ1) is 16.5. The number of rotatable bonds is 8. The van der Waals surface area contributed by atoms with Crippen LogP contribution < -0.4 is 15.6 Å². The van der Waals surface area contributed by atoms with Gasteiger partial charge in [-0.25, -0.2) is 9.78 Å². The zero-order chi connectivity index (χ0) is 24.1. The molecule has 34 heavy (non-hydrogen) atoms. The molecule has 0 unspecified atom stereocenters. The third-order valence-electron chi connectivity index (χ3n) is 5.01. The number of carbonyl (C=O) groups is 2. The minimum Gasteiger partial charge on any atom is -0.497 e. The Hall–Kier alpha value is -3.24. The Labute approximate surface area is 205 Å². The van der Waals surface area contributed by atoms with E-state index in [-0.39, 0.29) is 17.2 Å². The molecule has 2 aromatic carbocycles. The van der Waals surface area contributed by atoms with Crippen molar-refractivity contribution in [3.63, 3.8) is 0 Å². The van der Waals surface area contributed by atoms with E-state index in [1.54, 1.807) is 67.1 Å². The maximum Gasteiger partial charge on any atom is 0.338 e. The summed E-state index contributed by atoms with van der Waals surface area (Å²) in [7, 11) is 1.58. The van der Waals surface area contributed by atoms with Gasteiger partial charge in [0.15, 0.2) is 5.16 Å². The number of thioether (sulfide) groups is 2. The fourth-order valence-electron chi connectivity index (χ4n) is 3.38. The van der Waals surface area contributed by atoms with Gasteiger partial charge in [0, 0.05) is 17.9 Å². The van der Waals surface area contributed by atoms with Crippen molar-refractivity contribution in [2.75, 3.05) is 30.5 Å². The molecule has 0 saturated heterocycles. The van der Waals surface area contributed by atoms with Gasteiger partial charge in [-0.1, -0.05) is 11.8 Å². The summed E-state index contributed by atoms with van der Waals surface area (Å²) in [5.41, 5.74) is 2.28. The number of aromatic nitrogens is 2. The molecular formula is C24H23N3O5S2. The van der Waals surface area contributed by atoms with Crippen LogP contribution in [0.2, 0.25) is 0 Å². The summed E-state index contributed by atoms with van der Waals surface area (Å²) >= 11 is 2.71. The number of carbonyl (C=O) groups excluding carboxylic acids is 2. The molecule has 0 aliphatic carbocycles. The molecule has 0 radical (unpaired) electrons. The summed E-state index contributed by atoms with van der Waals surface area (Å²) in [4.78, 5) is 43.0. The third-order valence-corrected chi connectivity index (χ3v) is 7.06. The van der Waals surface area contributed by atoms with Gasteiger partial charge >= 0.3 is 5.97 Å². The first-order valence-corrected chi connectivity index (χ1v) is 12.6. The minimum atomic E-state index is -0.409. The second-order valence-corrected chi connectivity index (χ2v) is 9.29. The highest BCUT2D eigenvalue weighted by Gasteiger charge is 2.23. The van der Waals surface area contributed by atoms with Crippen LogP contribution in [0.1, 0.15) is 23.0 Å². The predicted octanol–water partition coefficient (Wildman–Crippen LogP) is 3.80. The van der Waals surface area contributed by atoms with Crippen molar-refractivity contribution in [1.82, 2.24) is 9.55 Å². The lowest BCUT2D eigenvalue weighted by Gasteiger charge is -2.14. The summed E-state index contributed by atoms with van der Waals surface area (Å²) in [5, 5.41) is 3.27. The van der Waals surface area contributed by atoms with Crippen molar-refractivity contribution in [3.8, 4) is 11.4 Å². The van der Waals surface area contributed by atoms with Crippen LogP contribution in [0.5, 0.6) is 5.75 Å². The zero-order valence-corrected chi connectivity index (χ0v) is 20.3. The smallest absolute Gasteiger partial charge is 0.338 e. The number of methoxy groups -OCH3 is 1. The van der Waals surface area contributed by atoms with E-state index in [1.165, 1.54) is 23.5 Å². The van der Waals surface area contributed by atoms with E-state index in [9.17, 15) is 14.4 Å². The first kappa shape index (κ1) is 23.9. The fourth-order valence-corrected chi connectivity index (χ4v) is 5.23. The topological polar surface area (TPSA) is 99.5 Å². The lowest BCUT2D eigenvalue weighted by atomic mass is 10.2. The fraction of sp³-hybridized carbons (Fsp3) is 0.250. The van der Waals surface area contributed by atoms with Crippen LogP contribution in [0, 0.1) is 0 Å². The number of hydrogen-bond acceptors (Lipinski definition) is 8. The Kier molecular flexibility index (Phi) is 7.59. The highest BCUT2D eigenvalue weighted by Crippen LogP contribution is 2.30. The van der Waals surface area contributed by atoms with Crippen molar-refractivity contribution in [2.24, 2.45) is 0 Å². The van der Waals surface area contributed by atoms with Crippen molar-refractivity contribution in [3.05, 3.63) is 70.1 Å². The number of fused-ring (bicyclic) bond motifs is 1. The average Bonchev–Trinajstić information content (AvgIpc) is 3.33. The Morgan fingerprint density at radius 2 is 1.88 bits per heavy atom. The quantitative estimate of drug-likeness (QED) is 0.285. The average molecular weight is 498 g/mol. The van der Waals surface area contributed by atoms with E-state index in [0.29, 0.717) is 39.3 Å². The monoisotopic (exact) mass is 497 g/mol. The Morgan fingerprint density at radius 3 is 2.56 bits per heavy atom. The minimum absolute atomic E-state index is 0.0636. The Morgan fingerprint density at radius 1 is 1.15 bits per heavy atom. The van der Waals surface area contributed by atoms with Crippen molar-refractivity contribution in [1.29, 1.82) is 0 Å². The van der Waals surface area contributed by atoms with Crippen LogP contribution in [0.3, 0.4) is 0 Å². The van der Waals surface area contributed by atoms with E-state index in [0.717, 1.165) is 17.9 Å². The molecule has 10 heteroatoms. The molecule has 1 N–H and O–H groups in total. The maximum absolute atomic E-state index is 13.2. The van der Waals surface area contributed by atoms with Crippen molar-refractivity contribution < 1.29 is 19.1 Å². The summed E-state index contributed by atoms with van der Waals surface area (Å²) < 4.78 is 11.7. The van der Waals surface area contributed by atoms with Crippen LogP contribution in [0.15, 0.2) is 63.4 Å². The number of anilines is 1. The van der Waals surface area contributed by atoms with Crippen LogP contribution in [0.4, 0.5) is 5.69 Å². The normalized spacial score (nSPS) is 12.2. The molecule has 1 aromatic heterocycles. The van der Waals surface area contributed by atoms with Crippen molar-refractivity contribution >= 4 is 41.1 Å². The Bertz CT molecular complexity index is 1260. The molecule has 1 aliphatic heterocycles. The summed E-state index contributed by atoms with van der Waals surface area (Å²) in [6.45, 7) is 2.04. The Balaban J connectivity index is 1.51. The second-order valence-electron chi connectivity index (χ2n) is 7.24. The number of nitrogens with zero attached hydrogens (tertiary/aromatic N) is 2. The van der Waals surface area contributed by atoms with Gasteiger partial charge in [-0.05, 0) is 55.5 Å². The van der Waals surface area contributed by atoms with Gasteiger partial charge in [0.25, 0.3) is 5.56 Å². The molecular weight excluding hydrogens is 474 g/mol. The van der Waals surface area contributed by atoms with Gasteiger partial charge in [0.05, 0.1) is 41.3 Å². The lowest BCUT2D eigenvalue weighted by Crippen LogP contribution is -2.24. The van der Waals surface area contributed by atoms with E-state index in [2.05, 4.69) is 5.32 Å². The van der Waals surface area contributed by atoms with Crippen LogP contribution in [-0.4, -0.2) is 46.6 Å².